The Morgan fingerprint density at radius 3 is 3.17 bits per heavy atom. The molecule has 0 radical (unpaired) electrons. The third-order valence-corrected chi connectivity index (χ3v) is 3.11. The third kappa shape index (κ3) is 1.46. The van der Waals surface area contributed by atoms with E-state index in [4.69, 9.17) is 15.3 Å². The molecule has 3 rings (SSSR count). The van der Waals surface area contributed by atoms with E-state index in [0.29, 0.717) is 17.8 Å². The Hall–Kier alpha value is -2.06. The minimum Gasteiger partial charge on any atom is -0.393 e. The zero-order chi connectivity index (χ0) is 12.7. The van der Waals surface area contributed by atoms with Gasteiger partial charge in [0.25, 0.3) is 0 Å². The molecule has 1 fully saturated rings. The van der Waals surface area contributed by atoms with Crippen molar-refractivity contribution in [3.63, 3.8) is 0 Å². The van der Waals surface area contributed by atoms with Gasteiger partial charge in [-0.3, -0.25) is 5.41 Å². The first-order valence-electron chi connectivity index (χ1n) is 5.45. The van der Waals surface area contributed by atoms with Gasteiger partial charge in [0.05, 0.1) is 25.6 Å². The van der Waals surface area contributed by atoms with E-state index in [1.165, 1.54) is 6.33 Å². The van der Waals surface area contributed by atoms with Gasteiger partial charge in [0.2, 0.25) is 0 Å². The number of rotatable bonds is 2. The van der Waals surface area contributed by atoms with Gasteiger partial charge in [0.1, 0.15) is 6.10 Å². The van der Waals surface area contributed by atoms with Crippen LogP contribution in [0.15, 0.2) is 18.5 Å². The number of aromatic amines is 1. The molecule has 3 N–H and O–H groups in total. The van der Waals surface area contributed by atoms with Crippen LogP contribution in [0.4, 0.5) is 0 Å². The van der Waals surface area contributed by atoms with Crippen LogP contribution >= 0.6 is 0 Å². The van der Waals surface area contributed by atoms with E-state index in [-0.39, 0.29) is 24.2 Å². The Labute approximate surface area is 101 Å². The Morgan fingerprint density at radius 2 is 2.44 bits per heavy atom. The molecule has 2 aromatic heterocycles. The van der Waals surface area contributed by atoms with E-state index in [9.17, 15) is 0 Å². The normalized spacial score (nSPS) is 23.9. The molecule has 0 bridgehead atoms. The Bertz CT molecular complexity index is 660. The number of hydrogen-bond acceptors (Lipinski definition) is 6. The van der Waals surface area contributed by atoms with Gasteiger partial charge in [0, 0.05) is 0 Å². The van der Waals surface area contributed by atoms with Gasteiger partial charge in [0.15, 0.2) is 16.7 Å². The van der Waals surface area contributed by atoms with Crippen molar-refractivity contribution in [1.82, 2.24) is 25.0 Å². The molecule has 8 nitrogen and oxygen atoms in total. The lowest BCUT2D eigenvalue weighted by atomic mass is 10.1. The van der Waals surface area contributed by atoms with Crippen molar-refractivity contribution < 1.29 is 9.84 Å². The number of fused-ring (bicyclic) bond motifs is 1. The number of aliphatic hydroxyl groups is 1. The zero-order valence-electron chi connectivity index (χ0n) is 9.50. The molecular weight excluding hydrogens is 236 g/mol. The number of nitrogens with one attached hydrogen (secondary N) is 2. The fourth-order valence-corrected chi connectivity index (χ4v) is 2.09. The summed E-state index contributed by atoms with van der Waals surface area (Å²) in [5, 5.41) is 27.2. The maximum absolute atomic E-state index is 9.14. The van der Waals surface area contributed by atoms with E-state index in [2.05, 4.69) is 27.0 Å². The summed E-state index contributed by atoms with van der Waals surface area (Å²) in [5.74, 6) is 0. The minimum absolute atomic E-state index is 0.0678. The largest absolute Gasteiger partial charge is 0.393 e. The van der Waals surface area contributed by atoms with E-state index in [0.717, 1.165) is 5.57 Å². The predicted molar refractivity (Wildman–Crippen MR) is 60.5 cm³/mol. The summed E-state index contributed by atoms with van der Waals surface area (Å²) in [5.41, 5.74) is 1.77. The molecule has 8 heteroatoms. The maximum Gasteiger partial charge on any atom is 0.188 e. The van der Waals surface area contributed by atoms with Gasteiger partial charge < -0.3 is 14.4 Å². The molecule has 0 unspecified atom stereocenters. The zero-order valence-corrected chi connectivity index (χ0v) is 9.50. The lowest BCUT2D eigenvalue weighted by Crippen LogP contribution is -2.19. The van der Waals surface area contributed by atoms with E-state index in [1.54, 1.807) is 4.57 Å². The van der Waals surface area contributed by atoms with E-state index >= 15 is 0 Å². The van der Waals surface area contributed by atoms with Crippen LogP contribution in [0.3, 0.4) is 0 Å². The number of ether oxygens (including phenoxy) is 1. The van der Waals surface area contributed by atoms with Crippen molar-refractivity contribution in [1.29, 1.82) is 5.41 Å². The molecule has 1 saturated heterocycles. The standard InChI is InChI=1S/C10H12N6O2/c1-5-6(3-18-7(5)2-17)16-4-12-9(11)8-10(16)14-15-13-8/h4,6-7,11,17H,1-3H2,(H,13,14,15)/t6-,7-/m1/s1. The first-order chi connectivity index (χ1) is 8.72. The highest BCUT2D eigenvalue weighted by Gasteiger charge is 2.31. The summed E-state index contributed by atoms with van der Waals surface area (Å²) < 4.78 is 7.19. The van der Waals surface area contributed by atoms with Crippen LogP contribution in [0, 0.1) is 5.41 Å². The van der Waals surface area contributed by atoms with Gasteiger partial charge >= 0.3 is 0 Å². The molecule has 18 heavy (non-hydrogen) atoms. The summed E-state index contributed by atoms with van der Waals surface area (Å²) in [6, 6.07) is -0.150. The van der Waals surface area contributed by atoms with Crippen LogP contribution in [0.1, 0.15) is 6.04 Å². The molecule has 1 aliphatic heterocycles. The minimum atomic E-state index is -0.361. The van der Waals surface area contributed by atoms with Gasteiger partial charge in [-0.2, -0.15) is 10.3 Å². The lowest BCUT2D eigenvalue weighted by Gasteiger charge is -2.15. The number of H-pyrrole nitrogens is 1. The summed E-state index contributed by atoms with van der Waals surface area (Å²) in [4.78, 5) is 3.96. The van der Waals surface area contributed by atoms with Gasteiger partial charge in [-0.05, 0) is 5.57 Å². The van der Waals surface area contributed by atoms with Crippen LogP contribution in [-0.4, -0.2) is 49.4 Å². The fourth-order valence-electron chi connectivity index (χ4n) is 2.09. The monoisotopic (exact) mass is 248 g/mol. The molecule has 2 atom stereocenters. The van der Waals surface area contributed by atoms with Gasteiger partial charge in [-0.15, -0.1) is 5.10 Å². The molecule has 94 valence electrons. The van der Waals surface area contributed by atoms with Gasteiger partial charge in [-0.25, -0.2) is 4.98 Å². The average molecular weight is 248 g/mol. The highest BCUT2D eigenvalue weighted by atomic mass is 16.5. The quantitative estimate of drug-likeness (QED) is 0.597. The molecule has 0 saturated carbocycles. The smallest absolute Gasteiger partial charge is 0.188 e. The SMILES string of the molecule is C=C1[C@H](n2cnc(=N)c3n[nH]nc32)CO[C@@H]1CO. The molecule has 0 aliphatic carbocycles. The van der Waals surface area contributed by atoms with Gasteiger partial charge in [-0.1, -0.05) is 6.58 Å². The Balaban J connectivity index is 2.11. The highest BCUT2D eigenvalue weighted by molar-refractivity contribution is 5.67. The molecule has 0 amide bonds. The summed E-state index contributed by atoms with van der Waals surface area (Å²) >= 11 is 0. The third-order valence-electron chi connectivity index (χ3n) is 3.11. The van der Waals surface area contributed by atoms with Crippen molar-refractivity contribution in [2.75, 3.05) is 13.2 Å². The Kier molecular flexibility index (Phi) is 2.46. The molecule has 0 spiro atoms. The highest BCUT2D eigenvalue weighted by Crippen LogP contribution is 2.29. The average Bonchev–Trinajstić information content (AvgIpc) is 2.97. The van der Waals surface area contributed by atoms with E-state index in [1.807, 2.05) is 0 Å². The summed E-state index contributed by atoms with van der Waals surface area (Å²) in [7, 11) is 0. The number of hydrogen-bond donors (Lipinski definition) is 3. The second kappa shape index (κ2) is 4.00. The number of nitrogens with zero attached hydrogens (tertiary/aromatic N) is 4. The topological polar surface area (TPSA) is 113 Å². The molecule has 1 aliphatic rings. The Morgan fingerprint density at radius 1 is 1.61 bits per heavy atom. The predicted octanol–water partition coefficient (Wildman–Crippen LogP) is -0.878. The molecule has 0 aromatic carbocycles. The fraction of sp³-hybridized carbons (Fsp3) is 0.400. The second-order valence-electron chi connectivity index (χ2n) is 4.09. The molecular formula is C10H12N6O2. The number of aliphatic hydroxyl groups excluding tert-OH is 1. The number of aromatic nitrogens is 5. The van der Waals surface area contributed by atoms with Crippen molar-refractivity contribution in [3.8, 4) is 0 Å². The maximum atomic E-state index is 9.14. The van der Waals surface area contributed by atoms with Crippen LogP contribution in [0.2, 0.25) is 0 Å². The summed E-state index contributed by atoms with van der Waals surface area (Å²) in [6.07, 6.45) is 1.16. The lowest BCUT2D eigenvalue weighted by molar-refractivity contribution is 0.0689. The summed E-state index contributed by atoms with van der Waals surface area (Å²) in [6.45, 7) is 4.24. The van der Waals surface area contributed by atoms with Crippen molar-refractivity contribution >= 4 is 11.2 Å². The van der Waals surface area contributed by atoms with Crippen molar-refractivity contribution in [3.05, 3.63) is 24.0 Å². The molecule has 3 heterocycles. The second-order valence-corrected chi connectivity index (χ2v) is 4.09. The van der Waals surface area contributed by atoms with Crippen LogP contribution in [0.25, 0.3) is 11.2 Å². The van der Waals surface area contributed by atoms with Crippen LogP contribution < -0.4 is 5.49 Å². The first-order valence-corrected chi connectivity index (χ1v) is 5.45. The van der Waals surface area contributed by atoms with Crippen LogP contribution in [0.5, 0.6) is 0 Å². The van der Waals surface area contributed by atoms with E-state index < -0.39 is 0 Å². The van der Waals surface area contributed by atoms with Crippen molar-refractivity contribution in [2.24, 2.45) is 0 Å². The van der Waals surface area contributed by atoms with Crippen molar-refractivity contribution in [2.45, 2.75) is 12.1 Å². The first kappa shape index (κ1) is 11.1. The van der Waals surface area contributed by atoms with Crippen LogP contribution in [-0.2, 0) is 4.74 Å². The molecule has 2 aromatic rings.